The van der Waals surface area contributed by atoms with Gasteiger partial charge in [0.15, 0.2) is 5.78 Å². The summed E-state index contributed by atoms with van der Waals surface area (Å²) in [5.74, 6) is -0.721. The highest BCUT2D eigenvalue weighted by molar-refractivity contribution is 6.06. The van der Waals surface area contributed by atoms with Gasteiger partial charge in [-0.15, -0.1) is 0 Å². The maximum absolute atomic E-state index is 12.2. The molecule has 1 aromatic carbocycles. The minimum Gasteiger partial charge on any atom is -0.320 e. The van der Waals surface area contributed by atoms with Crippen LogP contribution in [0.25, 0.3) is 0 Å². The number of carbonyl (C=O) groups is 2. The summed E-state index contributed by atoms with van der Waals surface area (Å²) >= 11 is 0. The molecule has 0 atom stereocenters. The Labute approximate surface area is 125 Å². The molecule has 0 saturated heterocycles. The highest BCUT2D eigenvalue weighted by atomic mass is 16.6. The summed E-state index contributed by atoms with van der Waals surface area (Å²) in [6.07, 6.45) is 0. The van der Waals surface area contributed by atoms with Crippen LogP contribution in [0, 0.1) is 17.0 Å². The molecule has 0 unspecified atom stereocenters. The maximum Gasteiger partial charge on any atom is 0.322 e. The number of nitro groups is 1. The van der Waals surface area contributed by atoms with Gasteiger partial charge in [-0.25, -0.2) is 0 Å². The molecule has 1 N–H and O–H groups in total. The van der Waals surface area contributed by atoms with Crippen LogP contribution in [0.5, 0.6) is 0 Å². The number of Topliss-reactive ketones (excluding diaryl/α,β-unsaturated/α-hetero) is 1. The van der Waals surface area contributed by atoms with Crippen molar-refractivity contribution in [1.82, 2.24) is 9.78 Å². The van der Waals surface area contributed by atoms with Crippen LogP contribution in [0.2, 0.25) is 0 Å². The molecule has 0 aliphatic heterocycles. The van der Waals surface area contributed by atoms with Gasteiger partial charge in [-0.1, -0.05) is 0 Å². The molecule has 1 amide bonds. The van der Waals surface area contributed by atoms with E-state index in [1.165, 1.54) is 25.6 Å². The van der Waals surface area contributed by atoms with Crippen LogP contribution in [0.4, 0.5) is 11.4 Å². The Kier molecular flexibility index (Phi) is 4.02. The van der Waals surface area contributed by atoms with Crippen molar-refractivity contribution in [2.24, 2.45) is 7.05 Å². The number of nitrogens with one attached hydrogen (secondary N) is 1. The number of benzene rings is 1. The van der Waals surface area contributed by atoms with Gasteiger partial charge >= 0.3 is 5.69 Å². The fourth-order valence-corrected chi connectivity index (χ4v) is 2.10. The lowest BCUT2D eigenvalue weighted by atomic mass is 10.1. The van der Waals surface area contributed by atoms with E-state index in [1.807, 2.05) is 0 Å². The largest absolute Gasteiger partial charge is 0.322 e. The molecule has 0 spiro atoms. The second-order valence-electron chi connectivity index (χ2n) is 4.75. The van der Waals surface area contributed by atoms with Crippen LogP contribution in [-0.2, 0) is 7.05 Å². The predicted molar refractivity (Wildman–Crippen MR) is 79.0 cm³/mol. The summed E-state index contributed by atoms with van der Waals surface area (Å²) in [6, 6.07) is 6.26. The normalized spacial score (nSPS) is 10.3. The first-order valence-corrected chi connectivity index (χ1v) is 6.41. The van der Waals surface area contributed by atoms with Crippen molar-refractivity contribution < 1.29 is 14.5 Å². The molecule has 0 radical (unpaired) electrons. The molecule has 1 heterocycles. The molecule has 0 fully saturated rings. The Hall–Kier alpha value is -3.03. The van der Waals surface area contributed by atoms with Crippen molar-refractivity contribution >= 4 is 23.1 Å². The number of anilines is 1. The molecule has 8 heteroatoms. The van der Waals surface area contributed by atoms with Crippen LogP contribution < -0.4 is 5.32 Å². The first-order chi connectivity index (χ1) is 10.3. The fourth-order valence-electron chi connectivity index (χ4n) is 2.10. The smallest absolute Gasteiger partial charge is 0.320 e. The van der Waals surface area contributed by atoms with E-state index >= 15 is 0 Å². The van der Waals surface area contributed by atoms with Crippen molar-refractivity contribution in [2.45, 2.75) is 13.8 Å². The number of aryl methyl sites for hydroxylation is 2. The second kappa shape index (κ2) is 5.76. The van der Waals surface area contributed by atoms with Gasteiger partial charge in [-0.05, 0) is 38.1 Å². The minimum atomic E-state index is -0.634. The van der Waals surface area contributed by atoms with E-state index in [2.05, 4.69) is 10.4 Å². The number of nitrogens with zero attached hydrogens (tertiary/aromatic N) is 3. The van der Waals surface area contributed by atoms with Crippen molar-refractivity contribution in [3.8, 4) is 0 Å². The lowest BCUT2D eigenvalue weighted by Gasteiger charge is -2.05. The van der Waals surface area contributed by atoms with Gasteiger partial charge in [0.25, 0.3) is 5.91 Å². The van der Waals surface area contributed by atoms with Gasteiger partial charge in [0.1, 0.15) is 5.69 Å². The van der Waals surface area contributed by atoms with E-state index in [1.54, 1.807) is 24.3 Å². The molecule has 0 saturated carbocycles. The third kappa shape index (κ3) is 2.85. The Morgan fingerprint density at radius 2 is 1.86 bits per heavy atom. The lowest BCUT2D eigenvalue weighted by molar-refractivity contribution is -0.385. The van der Waals surface area contributed by atoms with Crippen molar-refractivity contribution in [3.05, 3.63) is 51.3 Å². The highest BCUT2D eigenvalue weighted by Crippen LogP contribution is 2.23. The number of rotatable bonds is 4. The van der Waals surface area contributed by atoms with Crippen molar-refractivity contribution in [2.75, 3.05) is 5.32 Å². The SMILES string of the molecule is CC(=O)c1ccc(NC(=O)c2c([N+](=O)[O-])c(C)nn2C)cc1. The molecule has 114 valence electrons. The Bertz CT molecular complexity index is 762. The number of ketones is 1. The molecule has 0 aliphatic carbocycles. The summed E-state index contributed by atoms with van der Waals surface area (Å²) in [5.41, 5.74) is 0.673. The summed E-state index contributed by atoms with van der Waals surface area (Å²) < 4.78 is 1.17. The molecule has 0 bridgehead atoms. The van der Waals surface area contributed by atoms with E-state index in [0.717, 1.165) is 0 Å². The number of hydrogen-bond acceptors (Lipinski definition) is 5. The Morgan fingerprint density at radius 1 is 1.27 bits per heavy atom. The standard InChI is InChI=1S/C14H14N4O4/c1-8-12(18(21)22)13(17(3)16-8)14(20)15-11-6-4-10(5-7-11)9(2)19/h4-7H,1-3H3,(H,15,20). The maximum atomic E-state index is 12.2. The molecule has 1 aromatic heterocycles. The molecular formula is C14H14N4O4. The fraction of sp³-hybridized carbons (Fsp3) is 0.214. The number of carbonyl (C=O) groups excluding carboxylic acids is 2. The zero-order valence-electron chi connectivity index (χ0n) is 12.3. The molecular weight excluding hydrogens is 288 g/mol. The van der Waals surface area contributed by atoms with Gasteiger partial charge in [0, 0.05) is 18.3 Å². The van der Waals surface area contributed by atoms with Crippen LogP contribution in [0.1, 0.15) is 33.5 Å². The van der Waals surface area contributed by atoms with Crippen LogP contribution in [-0.4, -0.2) is 26.4 Å². The minimum absolute atomic E-state index is 0.0872. The Balaban J connectivity index is 2.30. The molecule has 0 aliphatic rings. The van der Waals surface area contributed by atoms with E-state index in [4.69, 9.17) is 0 Å². The van der Waals surface area contributed by atoms with Gasteiger partial charge in [0.2, 0.25) is 5.69 Å². The average molecular weight is 302 g/mol. The summed E-state index contributed by atoms with van der Waals surface area (Å²) in [5, 5.41) is 17.5. The average Bonchev–Trinajstić information content (AvgIpc) is 2.74. The molecule has 2 rings (SSSR count). The first-order valence-electron chi connectivity index (χ1n) is 6.41. The van der Waals surface area contributed by atoms with E-state index in [-0.39, 0.29) is 22.9 Å². The topological polar surface area (TPSA) is 107 Å². The number of hydrogen-bond donors (Lipinski definition) is 1. The van der Waals surface area contributed by atoms with Gasteiger partial charge in [-0.2, -0.15) is 5.10 Å². The van der Waals surface area contributed by atoms with E-state index in [0.29, 0.717) is 11.3 Å². The zero-order chi connectivity index (χ0) is 16.4. The van der Waals surface area contributed by atoms with E-state index in [9.17, 15) is 19.7 Å². The van der Waals surface area contributed by atoms with E-state index < -0.39 is 10.8 Å². The number of aromatic nitrogens is 2. The first kappa shape index (κ1) is 15.4. The van der Waals surface area contributed by atoms with Crippen LogP contribution in [0.3, 0.4) is 0 Å². The van der Waals surface area contributed by atoms with Crippen molar-refractivity contribution in [3.63, 3.8) is 0 Å². The van der Waals surface area contributed by atoms with Gasteiger partial charge in [0.05, 0.1) is 4.92 Å². The summed E-state index contributed by atoms with van der Waals surface area (Å²) in [6.45, 7) is 2.91. The lowest BCUT2D eigenvalue weighted by Crippen LogP contribution is -2.17. The third-order valence-corrected chi connectivity index (χ3v) is 3.14. The van der Waals surface area contributed by atoms with Crippen LogP contribution >= 0.6 is 0 Å². The highest BCUT2D eigenvalue weighted by Gasteiger charge is 2.29. The zero-order valence-corrected chi connectivity index (χ0v) is 12.3. The monoisotopic (exact) mass is 302 g/mol. The third-order valence-electron chi connectivity index (χ3n) is 3.14. The predicted octanol–water partition coefficient (Wildman–Crippen LogP) is 2.09. The Morgan fingerprint density at radius 3 is 2.36 bits per heavy atom. The summed E-state index contributed by atoms with van der Waals surface area (Å²) in [4.78, 5) is 33.9. The van der Waals surface area contributed by atoms with Gasteiger partial charge in [-0.3, -0.25) is 24.4 Å². The second-order valence-corrected chi connectivity index (χ2v) is 4.75. The van der Waals surface area contributed by atoms with Crippen LogP contribution in [0.15, 0.2) is 24.3 Å². The summed E-state index contributed by atoms with van der Waals surface area (Å²) in [7, 11) is 1.47. The molecule has 2 aromatic rings. The van der Waals surface area contributed by atoms with Crippen molar-refractivity contribution in [1.29, 1.82) is 0 Å². The molecule has 8 nitrogen and oxygen atoms in total. The molecule has 22 heavy (non-hydrogen) atoms. The quantitative estimate of drug-likeness (QED) is 0.528. The number of amides is 1. The van der Waals surface area contributed by atoms with Gasteiger partial charge < -0.3 is 5.32 Å².